The highest BCUT2D eigenvalue weighted by molar-refractivity contribution is 7.89. The second kappa shape index (κ2) is 8.54. The van der Waals surface area contributed by atoms with E-state index in [1.807, 2.05) is 24.3 Å². The predicted molar refractivity (Wildman–Crippen MR) is 108 cm³/mol. The molecule has 3 aromatic rings. The first kappa shape index (κ1) is 20.7. The SMILES string of the molecule is CCc1ccc(CNC(=O)c2nnc(-c3ccc(S(=O)(=O)N(C)C)cc3)o2)cc1. The molecule has 1 heterocycles. The van der Waals surface area contributed by atoms with Crippen LogP contribution < -0.4 is 5.32 Å². The summed E-state index contributed by atoms with van der Waals surface area (Å²) in [5.74, 6) is -0.499. The van der Waals surface area contributed by atoms with E-state index >= 15 is 0 Å². The van der Waals surface area contributed by atoms with Gasteiger partial charge in [0.05, 0.1) is 4.90 Å². The third-order valence-electron chi connectivity index (χ3n) is 4.38. The molecule has 0 aliphatic carbocycles. The molecule has 3 rings (SSSR count). The van der Waals surface area contributed by atoms with Gasteiger partial charge in [0.25, 0.3) is 0 Å². The van der Waals surface area contributed by atoms with Crippen LogP contribution >= 0.6 is 0 Å². The van der Waals surface area contributed by atoms with E-state index in [1.54, 1.807) is 12.1 Å². The first-order valence-corrected chi connectivity index (χ1v) is 10.5. The number of hydrogen-bond donors (Lipinski definition) is 1. The van der Waals surface area contributed by atoms with Gasteiger partial charge in [-0.2, -0.15) is 0 Å². The van der Waals surface area contributed by atoms with E-state index in [-0.39, 0.29) is 16.7 Å². The Bertz CT molecular complexity index is 1090. The molecule has 0 fully saturated rings. The van der Waals surface area contributed by atoms with E-state index in [0.29, 0.717) is 12.1 Å². The monoisotopic (exact) mass is 414 g/mol. The van der Waals surface area contributed by atoms with Gasteiger partial charge >= 0.3 is 11.8 Å². The molecule has 152 valence electrons. The van der Waals surface area contributed by atoms with Crippen molar-refractivity contribution in [1.82, 2.24) is 19.8 Å². The molecule has 2 aromatic carbocycles. The van der Waals surface area contributed by atoms with Crippen LogP contribution in [0.4, 0.5) is 0 Å². The number of hydrogen-bond acceptors (Lipinski definition) is 6. The summed E-state index contributed by atoms with van der Waals surface area (Å²) in [5, 5.41) is 10.4. The number of carbonyl (C=O) groups is 1. The highest BCUT2D eigenvalue weighted by Crippen LogP contribution is 2.21. The number of carbonyl (C=O) groups excluding carboxylic acids is 1. The fraction of sp³-hybridized carbons (Fsp3) is 0.250. The zero-order valence-electron chi connectivity index (χ0n) is 16.4. The highest BCUT2D eigenvalue weighted by Gasteiger charge is 2.19. The maximum absolute atomic E-state index is 12.3. The van der Waals surface area contributed by atoms with Crippen LogP contribution in [0.3, 0.4) is 0 Å². The number of aryl methyl sites for hydroxylation is 1. The largest absolute Gasteiger partial charge is 0.412 e. The molecule has 0 unspecified atom stereocenters. The van der Waals surface area contributed by atoms with Gasteiger partial charge in [-0.25, -0.2) is 12.7 Å². The number of nitrogens with one attached hydrogen (secondary N) is 1. The van der Waals surface area contributed by atoms with E-state index in [0.717, 1.165) is 16.3 Å². The molecule has 0 saturated heterocycles. The zero-order chi connectivity index (χ0) is 21.0. The van der Waals surface area contributed by atoms with E-state index in [1.165, 1.54) is 31.8 Å². The van der Waals surface area contributed by atoms with Crippen LogP contribution in [0.5, 0.6) is 0 Å². The minimum absolute atomic E-state index is 0.135. The van der Waals surface area contributed by atoms with Crippen molar-refractivity contribution in [2.75, 3.05) is 14.1 Å². The Balaban J connectivity index is 1.67. The summed E-state index contributed by atoms with van der Waals surface area (Å²) in [6.45, 7) is 2.43. The molecule has 8 nitrogen and oxygen atoms in total. The standard InChI is InChI=1S/C20H22N4O4S/c1-4-14-5-7-15(8-6-14)13-21-18(25)20-23-22-19(28-20)16-9-11-17(12-10-16)29(26,27)24(2)3/h5-12H,4,13H2,1-3H3,(H,21,25). The molecule has 0 radical (unpaired) electrons. The Kier molecular flexibility index (Phi) is 6.09. The molecule has 0 saturated carbocycles. The summed E-state index contributed by atoms with van der Waals surface area (Å²) in [5.41, 5.74) is 2.71. The van der Waals surface area contributed by atoms with Crippen molar-refractivity contribution in [2.45, 2.75) is 24.8 Å². The number of sulfonamides is 1. The maximum Gasteiger partial charge on any atom is 0.309 e. The molecule has 29 heavy (non-hydrogen) atoms. The lowest BCUT2D eigenvalue weighted by molar-refractivity contribution is 0.0917. The lowest BCUT2D eigenvalue weighted by Gasteiger charge is -2.11. The first-order valence-electron chi connectivity index (χ1n) is 9.03. The summed E-state index contributed by atoms with van der Waals surface area (Å²) in [6.07, 6.45) is 0.958. The minimum atomic E-state index is -3.52. The summed E-state index contributed by atoms with van der Waals surface area (Å²) in [7, 11) is -0.595. The van der Waals surface area contributed by atoms with Crippen molar-refractivity contribution in [1.29, 1.82) is 0 Å². The Hall–Kier alpha value is -3.04. The van der Waals surface area contributed by atoms with Gasteiger partial charge < -0.3 is 9.73 Å². The van der Waals surface area contributed by atoms with Crippen LogP contribution in [-0.4, -0.2) is 42.9 Å². The summed E-state index contributed by atoms with van der Waals surface area (Å²) in [4.78, 5) is 12.4. The van der Waals surface area contributed by atoms with E-state index in [9.17, 15) is 13.2 Å². The molecular weight excluding hydrogens is 392 g/mol. The van der Waals surface area contributed by atoms with Gasteiger partial charge in [-0.05, 0) is 41.8 Å². The molecule has 1 aromatic heterocycles. The number of benzene rings is 2. The first-order chi connectivity index (χ1) is 13.8. The molecule has 0 aliphatic heterocycles. The fourth-order valence-electron chi connectivity index (χ4n) is 2.56. The van der Waals surface area contributed by atoms with Crippen molar-refractivity contribution in [3.8, 4) is 11.5 Å². The van der Waals surface area contributed by atoms with Crippen LogP contribution in [0.1, 0.15) is 28.7 Å². The third kappa shape index (κ3) is 4.69. The van der Waals surface area contributed by atoms with E-state index in [4.69, 9.17) is 4.42 Å². The molecule has 0 aliphatic rings. The van der Waals surface area contributed by atoms with Gasteiger partial charge in [0.15, 0.2) is 0 Å². The molecule has 0 atom stereocenters. The molecular formula is C20H22N4O4S. The Morgan fingerprint density at radius 2 is 1.62 bits per heavy atom. The van der Waals surface area contributed by atoms with Crippen LogP contribution in [0, 0.1) is 0 Å². The topological polar surface area (TPSA) is 105 Å². The van der Waals surface area contributed by atoms with Crippen LogP contribution in [0.15, 0.2) is 57.8 Å². The number of rotatable bonds is 7. The number of aromatic nitrogens is 2. The lowest BCUT2D eigenvalue weighted by atomic mass is 10.1. The average molecular weight is 414 g/mol. The summed E-state index contributed by atoms with van der Waals surface area (Å²) < 4.78 is 30.8. The highest BCUT2D eigenvalue weighted by atomic mass is 32.2. The van der Waals surface area contributed by atoms with Gasteiger partial charge in [-0.1, -0.05) is 31.2 Å². The summed E-state index contributed by atoms with van der Waals surface area (Å²) in [6, 6.07) is 14.0. The van der Waals surface area contributed by atoms with E-state index < -0.39 is 15.9 Å². The number of amides is 1. The molecule has 9 heteroatoms. The van der Waals surface area contributed by atoms with Crippen LogP contribution in [0.2, 0.25) is 0 Å². The third-order valence-corrected chi connectivity index (χ3v) is 6.21. The smallest absolute Gasteiger partial charge is 0.309 e. The van der Waals surface area contributed by atoms with Gasteiger partial charge in [-0.3, -0.25) is 4.79 Å². The molecule has 0 bridgehead atoms. The van der Waals surface area contributed by atoms with Crippen molar-refractivity contribution in [2.24, 2.45) is 0 Å². The van der Waals surface area contributed by atoms with Crippen LogP contribution in [0.25, 0.3) is 11.5 Å². The van der Waals surface area contributed by atoms with Crippen molar-refractivity contribution >= 4 is 15.9 Å². The quantitative estimate of drug-likeness (QED) is 0.637. The fourth-order valence-corrected chi connectivity index (χ4v) is 3.46. The lowest BCUT2D eigenvalue weighted by Crippen LogP contribution is -2.23. The summed E-state index contributed by atoms with van der Waals surface area (Å²) >= 11 is 0. The Morgan fingerprint density at radius 1 is 1.00 bits per heavy atom. The molecule has 0 spiro atoms. The Morgan fingerprint density at radius 3 is 2.21 bits per heavy atom. The van der Waals surface area contributed by atoms with Crippen molar-refractivity contribution in [3.63, 3.8) is 0 Å². The van der Waals surface area contributed by atoms with Crippen molar-refractivity contribution in [3.05, 3.63) is 65.5 Å². The van der Waals surface area contributed by atoms with E-state index in [2.05, 4.69) is 22.4 Å². The average Bonchev–Trinajstić information content (AvgIpc) is 3.22. The van der Waals surface area contributed by atoms with Gasteiger partial charge in [0.1, 0.15) is 0 Å². The predicted octanol–water partition coefficient (Wildman–Crippen LogP) is 2.48. The van der Waals surface area contributed by atoms with Gasteiger partial charge in [0.2, 0.25) is 15.9 Å². The van der Waals surface area contributed by atoms with Crippen molar-refractivity contribution < 1.29 is 17.6 Å². The maximum atomic E-state index is 12.3. The zero-order valence-corrected chi connectivity index (χ0v) is 17.2. The number of nitrogens with zero attached hydrogens (tertiary/aromatic N) is 3. The molecule has 1 amide bonds. The van der Waals surface area contributed by atoms with Gasteiger partial charge in [-0.15, -0.1) is 10.2 Å². The second-order valence-corrected chi connectivity index (χ2v) is 8.73. The normalized spacial score (nSPS) is 11.6. The second-order valence-electron chi connectivity index (χ2n) is 6.58. The molecule has 1 N–H and O–H groups in total. The Labute approximate surface area is 169 Å². The minimum Gasteiger partial charge on any atom is -0.412 e. The van der Waals surface area contributed by atoms with Gasteiger partial charge in [0, 0.05) is 26.2 Å². The van der Waals surface area contributed by atoms with Crippen LogP contribution in [-0.2, 0) is 23.0 Å².